The molecule has 1 aromatic carbocycles. The van der Waals surface area contributed by atoms with Gasteiger partial charge in [0.2, 0.25) is 5.91 Å². The molecule has 0 N–H and O–H groups in total. The third-order valence-corrected chi connectivity index (χ3v) is 4.99. The number of thioether (sulfide) groups is 1. The average molecular weight is 331 g/mol. The number of carbonyl (C=O) groups is 1. The highest BCUT2D eigenvalue weighted by Gasteiger charge is 2.33. The first kappa shape index (κ1) is 17.2. The zero-order chi connectivity index (χ0) is 16.2. The van der Waals surface area contributed by atoms with Gasteiger partial charge in [0.25, 0.3) is 0 Å². The van der Waals surface area contributed by atoms with E-state index in [-0.39, 0.29) is 11.3 Å². The molecule has 122 valence electrons. The molecule has 0 aliphatic carbocycles. The van der Waals surface area contributed by atoms with Crippen LogP contribution < -0.4 is 0 Å². The van der Waals surface area contributed by atoms with Crippen molar-refractivity contribution >= 4 is 17.7 Å². The number of unbranched alkanes of at least 4 members (excludes halogenated alkanes) is 2. The Morgan fingerprint density at radius 1 is 1.27 bits per heavy atom. The highest BCUT2D eigenvalue weighted by atomic mass is 32.2. The molecule has 1 aliphatic heterocycles. The fraction of sp³-hybridized carbons (Fsp3) is 0.562. The van der Waals surface area contributed by atoms with E-state index in [1.54, 1.807) is 16.7 Å². The van der Waals surface area contributed by atoms with Gasteiger partial charge in [-0.15, -0.1) is 11.8 Å². The topological polar surface area (TPSA) is 20.3 Å². The predicted molar refractivity (Wildman–Crippen MR) is 82.5 cm³/mol. The molecule has 0 radical (unpaired) electrons. The molecule has 0 aromatic heterocycles. The summed E-state index contributed by atoms with van der Waals surface area (Å²) in [5.41, 5.74) is 0.111. The van der Waals surface area contributed by atoms with Crippen LogP contribution in [0.5, 0.6) is 0 Å². The van der Waals surface area contributed by atoms with Crippen LogP contribution in [0.25, 0.3) is 0 Å². The molecule has 1 aromatic rings. The Morgan fingerprint density at radius 2 is 1.95 bits per heavy atom. The summed E-state index contributed by atoms with van der Waals surface area (Å²) < 4.78 is 37.8. The van der Waals surface area contributed by atoms with Crippen molar-refractivity contribution in [1.82, 2.24) is 4.90 Å². The van der Waals surface area contributed by atoms with Gasteiger partial charge in [-0.05, 0) is 24.1 Å². The second kappa shape index (κ2) is 7.40. The molecule has 1 saturated heterocycles. The molecule has 1 fully saturated rings. The number of hydrogen-bond acceptors (Lipinski definition) is 2. The van der Waals surface area contributed by atoms with Crippen molar-refractivity contribution in [3.8, 4) is 0 Å². The van der Waals surface area contributed by atoms with Crippen molar-refractivity contribution in [3.63, 3.8) is 0 Å². The fourth-order valence-corrected chi connectivity index (χ4v) is 3.79. The lowest BCUT2D eigenvalue weighted by Gasteiger charge is -2.24. The molecule has 0 spiro atoms. The lowest BCUT2D eigenvalue weighted by Crippen LogP contribution is -2.30. The Hall–Kier alpha value is -1.17. The molecule has 1 amide bonds. The van der Waals surface area contributed by atoms with Crippen LogP contribution in [-0.4, -0.2) is 23.1 Å². The first-order valence-corrected chi connectivity index (χ1v) is 8.56. The summed E-state index contributed by atoms with van der Waals surface area (Å²) in [5.74, 6) is 0.925. The van der Waals surface area contributed by atoms with Gasteiger partial charge in [0.1, 0.15) is 5.37 Å². The zero-order valence-corrected chi connectivity index (χ0v) is 13.3. The maximum absolute atomic E-state index is 12.6. The van der Waals surface area contributed by atoms with E-state index < -0.39 is 11.7 Å². The van der Waals surface area contributed by atoms with Crippen molar-refractivity contribution in [1.29, 1.82) is 0 Å². The van der Waals surface area contributed by atoms with E-state index in [4.69, 9.17) is 0 Å². The van der Waals surface area contributed by atoms with Crippen LogP contribution in [0.4, 0.5) is 13.2 Å². The van der Waals surface area contributed by atoms with E-state index in [9.17, 15) is 18.0 Å². The number of carbonyl (C=O) groups excluding carboxylic acids is 1. The van der Waals surface area contributed by atoms with Crippen molar-refractivity contribution in [3.05, 3.63) is 35.4 Å². The van der Waals surface area contributed by atoms with Gasteiger partial charge in [-0.1, -0.05) is 31.9 Å². The van der Waals surface area contributed by atoms with E-state index in [1.807, 2.05) is 0 Å². The molecular weight excluding hydrogens is 311 g/mol. The minimum Gasteiger partial charge on any atom is -0.326 e. The summed E-state index contributed by atoms with van der Waals surface area (Å²) in [4.78, 5) is 14.1. The van der Waals surface area contributed by atoms with Gasteiger partial charge < -0.3 is 4.90 Å². The summed E-state index contributed by atoms with van der Waals surface area (Å²) in [5, 5.41) is -0.156. The zero-order valence-electron chi connectivity index (χ0n) is 12.5. The highest BCUT2D eigenvalue weighted by Crippen LogP contribution is 2.39. The Kier molecular flexibility index (Phi) is 5.78. The van der Waals surface area contributed by atoms with Crippen LogP contribution in [0.2, 0.25) is 0 Å². The molecule has 0 bridgehead atoms. The maximum atomic E-state index is 12.6. The Balaban J connectivity index is 2.05. The summed E-state index contributed by atoms with van der Waals surface area (Å²) in [6.45, 7) is 2.75. The monoisotopic (exact) mass is 331 g/mol. The van der Waals surface area contributed by atoms with E-state index in [0.717, 1.165) is 42.7 Å². The number of hydrogen-bond donors (Lipinski definition) is 0. The fourth-order valence-electron chi connectivity index (χ4n) is 2.51. The molecular formula is C16H20F3NOS. The molecule has 2 nitrogen and oxygen atoms in total. The second-order valence-corrected chi connectivity index (χ2v) is 6.58. The summed E-state index contributed by atoms with van der Waals surface area (Å²) in [6.07, 6.45) is -0.846. The van der Waals surface area contributed by atoms with Crippen LogP contribution >= 0.6 is 11.8 Å². The summed E-state index contributed by atoms with van der Waals surface area (Å²) in [7, 11) is 0. The number of amides is 1. The average Bonchev–Trinajstić information content (AvgIpc) is 2.96. The van der Waals surface area contributed by atoms with Crippen LogP contribution in [-0.2, 0) is 11.0 Å². The summed E-state index contributed by atoms with van der Waals surface area (Å²) >= 11 is 1.61. The molecule has 1 aliphatic rings. The number of alkyl halides is 3. The van der Waals surface area contributed by atoms with Crippen LogP contribution in [0.1, 0.15) is 49.1 Å². The maximum Gasteiger partial charge on any atom is 0.416 e. The second-order valence-electron chi connectivity index (χ2n) is 5.39. The molecule has 1 atom stereocenters. The molecule has 22 heavy (non-hydrogen) atoms. The van der Waals surface area contributed by atoms with Crippen molar-refractivity contribution in [2.75, 3.05) is 12.3 Å². The van der Waals surface area contributed by atoms with Gasteiger partial charge in [0.05, 0.1) is 5.56 Å². The highest BCUT2D eigenvalue weighted by molar-refractivity contribution is 7.99. The molecule has 6 heteroatoms. The number of benzene rings is 1. The van der Waals surface area contributed by atoms with Crippen molar-refractivity contribution in [2.45, 2.75) is 44.2 Å². The molecule has 1 heterocycles. The van der Waals surface area contributed by atoms with Gasteiger partial charge >= 0.3 is 6.18 Å². The number of rotatable bonds is 5. The number of halogens is 3. The van der Waals surface area contributed by atoms with Gasteiger partial charge in [0.15, 0.2) is 0 Å². The summed E-state index contributed by atoms with van der Waals surface area (Å²) in [6, 6.07) is 5.15. The largest absolute Gasteiger partial charge is 0.416 e. The first-order chi connectivity index (χ1) is 10.4. The van der Waals surface area contributed by atoms with Gasteiger partial charge in [-0.25, -0.2) is 0 Å². The van der Waals surface area contributed by atoms with E-state index >= 15 is 0 Å². The minimum atomic E-state index is -4.32. The predicted octanol–water partition coefficient (Wildman–Crippen LogP) is 4.86. The van der Waals surface area contributed by atoms with Gasteiger partial charge in [-0.2, -0.15) is 13.2 Å². The van der Waals surface area contributed by atoms with Crippen LogP contribution in [0, 0.1) is 0 Å². The number of nitrogens with zero attached hydrogens (tertiary/aromatic N) is 1. The smallest absolute Gasteiger partial charge is 0.326 e. The minimum absolute atomic E-state index is 0.100. The lowest BCUT2D eigenvalue weighted by molar-refractivity contribution is -0.137. The van der Waals surface area contributed by atoms with Gasteiger partial charge in [0, 0.05) is 18.7 Å². The third kappa shape index (κ3) is 4.18. The normalized spacial score (nSPS) is 18.7. The van der Waals surface area contributed by atoms with E-state index in [2.05, 4.69) is 6.92 Å². The quantitative estimate of drug-likeness (QED) is 0.718. The van der Waals surface area contributed by atoms with Gasteiger partial charge in [-0.3, -0.25) is 4.79 Å². The van der Waals surface area contributed by atoms with Crippen LogP contribution in [0.15, 0.2) is 24.3 Å². The van der Waals surface area contributed by atoms with E-state index in [1.165, 1.54) is 12.1 Å². The van der Waals surface area contributed by atoms with Crippen molar-refractivity contribution in [2.24, 2.45) is 0 Å². The Labute approximate surface area is 133 Å². The first-order valence-electron chi connectivity index (χ1n) is 7.51. The molecule has 0 saturated carbocycles. The SMILES string of the molecule is CCCCCC(=O)N1CCSC1c1ccc(C(F)(F)F)cc1. The lowest BCUT2D eigenvalue weighted by atomic mass is 10.1. The molecule has 1 unspecified atom stereocenters. The standard InChI is InChI=1S/C16H20F3NOS/c1-2-3-4-5-14(21)20-10-11-22-15(20)12-6-8-13(9-7-12)16(17,18)19/h6-9,15H,2-5,10-11H2,1H3. The van der Waals surface area contributed by atoms with E-state index in [0.29, 0.717) is 13.0 Å². The third-order valence-electron chi connectivity index (χ3n) is 3.73. The Morgan fingerprint density at radius 3 is 2.55 bits per heavy atom. The Bertz CT molecular complexity index is 501. The molecule has 2 rings (SSSR count). The van der Waals surface area contributed by atoms with Crippen LogP contribution in [0.3, 0.4) is 0 Å². The van der Waals surface area contributed by atoms with Crippen molar-refractivity contribution < 1.29 is 18.0 Å².